The lowest BCUT2D eigenvalue weighted by atomic mass is 10.1. The molecule has 3 rings (SSSR count). The van der Waals surface area contributed by atoms with Crippen LogP contribution in [0.2, 0.25) is 0 Å². The Kier molecular flexibility index (Phi) is 7.12. The lowest BCUT2D eigenvalue weighted by molar-refractivity contribution is 0.237. The molecule has 3 aromatic rings. The molecule has 1 unspecified atom stereocenters. The van der Waals surface area contributed by atoms with Crippen molar-refractivity contribution in [3.63, 3.8) is 0 Å². The van der Waals surface area contributed by atoms with Gasteiger partial charge < -0.3 is 15.4 Å². The Balaban J connectivity index is 1.50. The van der Waals surface area contributed by atoms with Crippen LogP contribution in [0, 0.1) is 13.8 Å². The maximum atomic E-state index is 12.4. The van der Waals surface area contributed by atoms with Crippen molar-refractivity contribution in [2.45, 2.75) is 46.2 Å². The van der Waals surface area contributed by atoms with Gasteiger partial charge >= 0.3 is 6.03 Å². The molecule has 0 spiro atoms. The molecule has 30 heavy (non-hydrogen) atoms. The third-order valence-electron chi connectivity index (χ3n) is 5.27. The Morgan fingerprint density at radius 3 is 2.47 bits per heavy atom. The van der Waals surface area contributed by atoms with E-state index in [2.05, 4.69) is 27.9 Å². The highest BCUT2D eigenvalue weighted by Gasteiger charge is 2.14. The van der Waals surface area contributed by atoms with Crippen LogP contribution in [-0.4, -0.2) is 29.0 Å². The van der Waals surface area contributed by atoms with Crippen LogP contribution in [0.25, 0.3) is 5.69 Å². The van der Waals surface area contributed by atoms with Gasteiger partial charge in [0.15, 0.2) is 0 Å². The summed E-state index contributed by atoms with van der Waals surface area (Å²) in [7, 11) is 1.66. The van der Waals surface area contributed by atoms with Gasteiger partial charge in [0.1, 0.15) is 5.75 Å². The molecule has 2 amide bonds. The number of nitrogens with one attached hydrogen (secondary N) is 2. The number of carbonyl (C=O) groups excluding carboxylic acids is 1. The van der Waals surface area contributed by atoms with Crippen molar-refractivity contribution in [3.8, 4) is 11.4 Å². The highest BCUT2D eigenvalue weighted by molar-refractivity contribution is 5.74. The average molecular weight is 407 g/mol. The summed E-state index contributed by atoms with van der Waals surface area (Å²) >= 11 is 0. The first-order chi connectivity index (χ1) is 14.5. The van der Waals surface area contributed by atoms with Crippen LogP contribution in [-0.2, 0) is 13.0 Å². The highest BCUT2D eigenvalue weighted by Crippen LogP contribution is 2.17. The van der Waals surface area contributed by atoms with E-state index in [1.54, 1.807) is 7.11 Å². The van der Waals surface area contributed by atoms with Gasteiger partial charge in [0, 0.05) is 23.8 Å². The minimum Gasteiger partial charge on any atom is -0.497 e. The first kappa shape index (κ1) is 21.4. The van der Waals surface area contributed by atoms with Crippen molar-refractivity contribution in [2.75, 3.05) is 7.11 Å². The van der Waals surface area contributed by atoms with E-state index in [4.69, 9.17) is 4.74 Å². The van der Waals surface area contributed by atoms with Crippen molar-refractivity contribution < 1.29 is 9.53 Å². The number of rotatable bonds is 8. The number of hydrogen-bond donors (Lipinski definition) is 2. The summed E-state index contributed by atoms with van der Waals surface area (Å²) in [5, 5.41) is 10.6. The summed E-state index contributed by atoms with van der Waals surface area (Å²) in [5.41, 5.74) is 5.24. The van der Waals surface area contributed by atoms with Crippen LogP contribution in [0.15, 0.2) is 54.6 Å². The summed E-state index contributed by atoms with van der Waals surface area (Å²) in [6, 6.07) is 17.9. The van der Waals surface area contributed by atoms with Crippen molar-refractivity contribution in [1.29, 1.82) is 0 Å². The largest absolute Gasteiger partial charge is 0.497 e. The fourth-order valence-corrected chi connectivity index (χ4v) is 3.44. The third kappa shape index (κ3) is 5.41. The van der Waals surface area contributed by atoms with Gasteiger partial charge in [0.2, 0.25) is 0 Å². The smallest absolute Gasteiger partial charge is 0.315 e. The number of aryl methyl sites for hydroxylation is 2. The number of aromatic nitrogens is 2. The lowest BCUT2D eigenvalue weighted by Gasteiger charge is -2.15. The van der Waals surface area contributed by atoms with E-state index in [9.17, 15) is 4.79 Å². The molecule has 0 aliphatic carbocycles. The van der Waals surface area contributed by atoms with Crippen LogP contribution in [0.3, 0.4) is 0 Å². The highest BCUT2D eigenvalue weighted by atomic mass is 16.5. The molecule has 6 nitrogen and oxygen atoms in total. The molecule has 0 fully saturated rings. The molecule has 0 saturated heterocycles. The monoisotopic (exact) mass is 406 g/mol. The van der Waals surface area contributed by atoms with E-state index in [1.807, 2.05) is 67.9 Å². The van der Waals surface area contributed by atoms with E-state index in [-0.39, 0.29) is 12.1 Å². The minimum atomic E-state index is -0.163. The van der Waals surface area contributed by atoms with Crippen LogP contribution < -0.4 is 15.4 Å². The molecule has 2 N–H and O–H groups in total. The second-order valence-corrected chi connectivity index (χ2v) is 7.51. The first-order valence-electron chi connectivity index (χ1n) is 10.3. The number of para-hydroxylation sites is 1. The van der Waals surface area contributed by atoms with Gasteiger partial charge in [-0.3, -0.25) is 0 Å². The number of carbonyl (C=O) groups is 1. The van der Waals surface area contributed by atoms with Crippen molar-refractivity contribution in [2.24, 2.45) is 0 Å². The molecule has 1 aromatic heterocycles. The van der Waals surface area contributed by atoms with Crippen molar-refractivity contribution in [3.05, 3.63) is 77.1 Å². The van der Waals surface area contributed by atoms with Gasteiger partial charge in [-0.15, -0.1) is 0 Å². The Bertz CT molecular complexity index is 965. The second-order valence-electron chi connectivity index (χ2n) is 7.51. The normalized spacial score (nSPS) is 11.7. The lowest BCUT2D eigenvalue weighted by Crippen LogP contribution is -2.40. The molecular weight excluding hydrogens is 376 g/mol. The SMILES string of the molecule is COc1ccc(CCC(C)NC(=O)NCc2c(C)nn(-c3ccccc3)c2C)cc1. The number of benzene rings is 2. The van der Waals surface area contributed by atoms with Gasteiger partial charge in [0.25, 0.3) is 0 Å². The predicted octanol–water partition coefficient (Wildman–Crippen LogP) is 4.32. The molecule has 0 aliphatic heterocycles. The number of ether oxygens (including phenoxy) is 1. The standard InChI is InChI=1S/C24H30N4O2/c1-17(10-11-20-12-14-22(30-4)15-13-20)26-24(29)25-16-23-18(2)27-28(19(23)3)21-8-6-5-7-9-21/h5-9,12-15,17H,10-11,16H2,1-4H3,(H2,25,26,29). The van der Waals surface area contributed by atoms with Gasteiger partial charge in [-0.05, 0) is 63.4 Å². The Morgan fingerprint density at radius 2 is 1.80 bits per heavy atom. The number of nitrogens with zero attached hydrogens (tertiary/aromatic N) is 2. The van der Waals surface area contributed by atoms with Crippen LogP contribution in [0.5, 0.6) is 5.75 Å². The van der Waals surface area contributed by atoms with Gasteiger partial charge in [0.05, 0.1) is 18.5 Å². The Labute approximate surface area is 178 Å². The quantitative estimate of drug-likeness (QED) is 0.585. The fraction of sp³-hybridized carbons (Fsp3) is 0.333. The van der Waals surface area contributed by atoms with Crippen molar-refractivity contribution in [1.82, 2.24) is 20.4 Å². The summed E-state index contributed by atoms with van der Waals surface area (Å²) in [6.07, 6.45) is 1.76. The maximum absolute atomic E-state index is 12.4. The van der Waals surface area contributed by atoms with E-state index in [0.717, 1.165) is 41.2 Å². The molecule has 1 heterocycles. The maximum Gasteiger partial charge on any atom is 0.315 e. The molecular formula is C24H30N4O2. The number of amides is 2. The molecule has 0 aliphatic rings. The first-order valence-corrected chi connectivity index (χ1v) is 10.3. The zero-order valence-electron chi connectivity index (χ0n) is 18.1. The Hall–Kier alpha value is -3.28. The molecule has 0 radical (unpaired) electrons. The topological polar surface area (TPSA) is 68.2 Å². The number of urea groups is 1. The second kappa shape index (κ2) is 9.96. The van der Waals surface area contributed by atoms with E-state index >= 15 is 0 Å². The number of methoxy groups -OCH3 is 1. The Morgan fingerprint density at radius 1 is 1.10 bits per heavy atom. The summed E-state index contributed by atoms with van der Waals surface area (Å²) in [6.45, 7) is 6.47. The average Bonchev–Trinajstić information content (AvgIpc) is 3.05. The van der Waals surface area contributed by atoms with Gasteiger partial charge in [-0.1, -0.05) is 30.3 Å². The molecule has 1 atom stereocenters. The van der Waals surface area contributed by atoms with Gasteiger partial charge in [-0.2, -0.15) is 5.10 Å². The van der Waals surface area contributed by atoms with E-state index < -0.39 is 0 Å². The van der Waals surface area contributed by atoms with Crippen LogP contribution in [0.4, 0.5) is 4.79 Å². The minimum absolute atomic E-state index is 0.0707. The fourth-order valence-electron chi connectivity index (χ4n) is 3.44. The summed E-state index contributed by atoms with van der Waals surface area (Å²) in [4.78, 5) is 12.4. The summed E-state index contributed by atoms with van der Waals surface area (Å²) < 4.78 is 7.10. The zero-order valence-corrected chi connectivity index (χ0v) is 18.1. The van der Waals surface area contributed by atoms with Crippen molar-refractivity contribution >= 4 is 6.03 Å². The van der Waals surface area contributed by atoms with Crippen LogP contribution in [0.1, 0.15) is 35.9 Å². The molecule has 158 valence electrons. The molecule has 0 saturated carbocycles. The molecule has 6 heteroatoms. The molecule has 2 aromatic carbocycles. The third-order valence-corrected chi connectivity index (χ3v) is 5.27. The number of hydrogen-bond acceptors (Lipinski definition) is 3. The van der Waals surface area contributed by atoms with Crippen LogP contribution >= 0.6 is 0 Å². The summed E-state index contributed by atoms with van der Waals surface area (Å²) in [5.74, 6) is 0.852. The van der Waals surface area contributed by atoms with E-state index in [1.165, 1.54) is 5.56 Å². The van der Waals surface area contributed by atoms with E-state index in [0.29, 0.717) is 6.54 Å². The molecule has 0 bridgehead atoms. The predicted molar refractivity (Wildman–Crippen MR) is 119 cm³/mol. The zero-order chi connectivity index (χ0) is 21.5. The van der Waals surface area contributed by atoms with Gasteiger partial charge in [-0.25, -0.2) is 9.48 Å².